The van der Waals surface area contributed by atoms with Gasteiger partial charge in [0, 0.05) is 23.6 Å². The number of nitrogens with zero attached hydrogens (tertiary/aromatic N) is 4. The molecule has 1 saturated carbocycles. The Labute approximate surface area is 194 Å². The Morgan fingerprint density at radius 1 is 1.18 bits per heavy atom. The molecular formula is C23H25N7O2S. The Morgan fingerprint density at radius 2 is 2.03 bits per heavy atom. The summed E-state index contributed by atoms with van der Waals surface area (Å²) in [4.78, 5) is 30.1. The van der Waals surface area contributed by atoms with Crippen LogP contribution in [0.2, 0.25) is 0 Å². The van der Waals surface area contributed by atoms with E-state index in [1.807, 2.05) is 19.1 Å². The number of fused-ring (bicyclic) bond motifs is 1. The highest BCUT2D eigenvalue weighted by Gasteiger charge is 2.21. The van der Waals surface area contributed by atoms with Gasteiger partial charge in [0.25, 0.3) is 5.91 Å². The predicted octanol–water partition coefficient (Wildman–Crippen LogP) is 4.67. The first kappa shape index (κ1) is 21.3. The first-order chi connectivity index (χ1) is 16.1. The van der Waals surface area contributed by atoms with Crippen molar-refractivity contribution < 1.29 is 9.59 Å². The number of carbonyl (C=O) groups is 2. The summed E-state index contributed by atoms with van der Waals surface area (Å²) in [6.45, 7) is 2.23. The normalized spacial score (nSPS) is 14.5. The number of hydrogen-bond donors (Lipinski definition) is 3. The molecule has 3 aromatic heterocycles. The summed E-state index contributed by atoms with van der Waals surface area (Å²) in [7, 11) is 0. The van der Waals surface area contributed by atoms with E-state index in [1.165, 1.54) is 24.0 Å². The molecule has 0 spiro atoms. The average Bonchev–Trinajstić information content (AvgIpc) is 3.58. The fourth-order valence-electron chi connectivity index (χ4n) is 4.24. The molecule has 10 heteroatoms. The van der Waals surface area contributed by atoms with Gasteiger partial charge in [-0.2, -0.15) is 10.2 Å². The van der Waals surface area contributed by atoms with Gasteiger partial charge in [-0.25, -0.2) is 4.98 Å². The lowest BCUT2D eigenvalue weighted by Crippen LogP contribution is -2.22. The van der Waals surface area contributed by atoms with E-state index in [1.54, 1.807) is 23.1 Å². The molecule has 3 heterocycles. The maximum absolute atomic E-state index is 12.8. The van der Waals surface area contributed by atoms with Crippen LogP contribution in [0, 0.1) is 12.8 Å². The highest BCUT2D eigenvalue weighted by molar-refractivity contribution is 7.17. The van der Waals surface area contributed by atoms with Crippen molar-refractivity contribution in [1.82, 2.24) is 25.0 Å². The lowest BCUT2D eigenvalue weighted by molar-refractivity contribution is -0.124. The van der Waals surface area contributed by atoms with Gasteiger partial charge < -0.3 is 10.6 Å². The summed E-state index contributed by atoms with van der Waals surface area (Å²) in [5.74, 6) is 0.768. The zero-order chi connectivity index (χ0) is 22.8. The van der Waals surface area contributed by atoms with E-state index in [0.717, 1.165) is 47.8 Å². The molecule has 1 aliphatic carbocycles. The van der Waals surface area contributed by atoms with Crippen LogP contribution in [-0.4, -0.2) is 36.7 Å². The van der Waals surface area contributed by atoms with Gasteiger partial charge in [-0.1, -0.05) is 36.7 Å². The second-order valence-corrected chi connectivity index (χ2v) is 9.43. The smallest absolute Gasteiger partial charge is 0.267 e. The fraction of sp³-hybridized carbons (Fsp3) is 0.348. The van der Waals surface area contributed by atoms with Crippen molar-refractivity contribution in [2.45, 2.75) is 45.6 Å². The van der Waals surface area contributed by atoms with Crippen LogP contribution in [0.5, 0.6) is 0 Å². The molecule has 170 valence electrons. The first-order valence-electron chi connectivity index (χ1n) is 11.1. The number of hydrogen-bond acceptors (Lipinski definition) is 7. The van der Waals surface area contributed by atoms with Crippen molar-refractivity contribution in [3.05, 3.63) is 47.2 Å². The lowest BCUT2D eigenvalue weighted by atomic mass is 9.86. The van der Waals surface area contributed by atoms with Crippen LogP contribution in [-0.2, 0) is 11.3 Å². The number of benzene rings is 1. The molecule has 5 rings (SSSR count). The standard InChI is InChI=1S/C23H25N7O2S/c1-14-7-8-17-16(11-25-28-17)21(14)27-22(32)19-12-24-23(33-19)26-20-9-10-30(29-20)13-18(31)15-5-3-2-4-6-15/h7-12,15H,2-6,13H2,1H3,(H,25,28)(H,27,32)(H,24,26,29). The van der Waals surface area contributed by atoms with E-state index in [2.05, 4.69) is 30.9 Å². The third-order valence-electron chi connectivity index (χ3n) is 6.05. The minimum absolute atomic E-state index is 0.163. The number of nitrogens with one attached hydrogen (secondary N) is 3. The molecule has 0 bridgehead atoms. The lowest BCUT2D eigenvalue weighted by Gasteiger charge is -2.20. The number of ketones is 1. The van der Waals surface area contributed by atoms with Gasteiger partial charge in [0.15, 0.2) is 16.7 Å². The van der Waals surface area contributed by atoms with Crippen molar-refractivity contribution in [3.63, 3.8) is 0 Å². The second kappa shape index (κ2) is 9.14. The zero-order valence-electron chi connectivity index (χ0n) is 18.3. The molecule has 0 radical (unpaired) electrons. The third-order valence-corrected chi connectivity index (χ3v) is 6.97. The van der Waals surface area contributed by atoms with Crippen LogP contribution in [0.25, 0.3) is 10.9 Å². The van der Waals surface area contributed by atoms with Crippen molar-refractivity contribution in [2.75, 3.05) is 10.6 Å². The monoisotopic (exact) mass is 463 g/mol. The highest BCUT2D eigenvalue weighted by atomic mass is 32.1. The molecule has 1 fully saturated rings. The van der Waals surface area contributed by atoms with E-state index in [-0.39, 0.29) is 24.2 Å². The van der Waals surface area contributed by atoms with Crippen LogP contribution in [0.3, 0.4) is 0 Å². The van der Waals surface area contributed by atoms with E-state index in [4.69, 9.17) is 0 Å². The van der Waals surface area contributed by atoms with Gasteiger partial charge in [-0.3, -0.25) is 19.4 Å². The molecule has 9 nitrogen and oxygen atoms in total. The molecule has 0 unspecified atom stereocenters. The number of carbonyl (C=O) groups excluding carboxylic acids is 2. The van der Waals surface area contributed by atoms with E-state index < -0.39 is 0 Å². The van der Waals surface area contributed by atoms with Gasteiger partial charge in [0.05, 0.1) is 30.1 Å². The number of aryl methyl sites for hydroxylation is 1. The Kier molecular flexibility index (Phi) is 5.91. The van der Waals surface area contributed by atoms with E-state index >= 15 is 0 Å². The summed E-state index contributed by atoms with van der Waals surface area (Å²) < 4.78 is 1.66. The number of aromatic nitrogens is 5. The molecule has 0 saturated heterocycles. The molecular weight excluding hydrogens is 438 g/mol. The van der Waals surface area contributed by atoms with Crippen molar-refractivity contribution >= 4 is 50.6 Å². The topological polar surface area (TPSA) is 118 Å². The van der Waals surface area contributed by atoms with Crippen molar-refractivity contribution in [3.8, 4) is 0 Å². The number of amides is 1. The number of anilines is 3. The molecule has 1 amide bonds. The van der Waals surface area contributed by atoms with Gasteiger partial charge in [0.1, 0.15) is 4.88 Å². The second-order valence-electron chi connectivity index (χ2n) is 8.40. The summed E-state index contributed by atoms with van der Waals surface area (Å²) in [5, 5.41) is 18.9. The van der Waals surface area contributed by atoms with E-state index in [9.17, 15) is 9.59 Å². The number of thiazole rings is 1. The average molecular weight is 464 g/mol. The van der Waals surface area contributed by atoms with Crippen LogP contribution >= 0.6 is 11.3 Å². The van der Waals surface area contributed by atoms with Gasteiger partial charge in [-0.05, 0) is 31.4 Å². The highest BCUT2D eigenvalue weighted by Crippen LogP contribution is 2.28. The largest absolute Gasteiger partial charge is 0.320 e. The molecule has 33 heavy (non-hydrogen) atoms. The molecule has 0 aliphatic heterocycles. The van der Waals surface area contributed by atoms with E-state index in [0.29, 0.717) is 15.8 Å². The number of H-pyrrole nitrogens is 1. The Balaban J connectivity index is 1.22. The third kappa shape index (κ3) is 4.65. The minimum atomic E-state index is -0.235. The number of aromatic amines is 1. The molecule has 3 N–H and O–H groups in total. The first-order valence-corrected chi connectivity index (χ1v) is 11.9. The predicted molar refractivity (Wildman–Crippen MR) is 128 cm³/mol. The summed E-state index contributed by atoms with van der Waals surface area (Å²) in [6, 6.07) is 5.67. The number of rotatable bonds is 7. The maximum Gasteiger partial charge on any atom is 0.267 e. The van der Waals surface area contributed by atoms with Crippen LogP contribution in [0.4, 0.5) is 16.6 Å². The molecule has 4 aromatic rings. The molecule has 0 atom stereocenters. The van der Waals surface area contributed by atoms with Gasteiger partial charge in [-0.15, -0.1) is 0 Å². The quantitative estimate of drug-likeness (QED) is 0.367. The molecule has 1 aliphatic rings. The Hall–Kier alpha value is -3.53. The molecule has 1 aromatic carbocycles. The summed E-state index contributed by atoms with van der Waals surface area (Å²) in [5.41, 5.74) is 2.55. The maximum atomic E-state index is 12.8. The number of Topliss-reactive ketones (excluding diaryl/α,β-unsaturated/α-hetero) is 1. The summed E-state index contributed by atoms with van der Waals surface area (Å²) >= 11 is 1.24. The van der Waals surface area contributed by atoms with Gasteiger partial charge >= 0.3 is 0 Å². The van der Waals surface area contributed by atoms with Crippen LogP contribution in [0.1, 0.15) is 47.3 Å². The SMILES string of the molecule is Cc1ccc2[nH]ncc2c1NC(=O)c1cnc(Nc2ccn(CC(=O)C3CCCCC3)n2)s1. The van der Waals surface area contributed by atoms with Crippen molar-refractivity contribution in [1.29, 1.82) is 0 Å². The zero-order valence-corrected chi connectivity index (χ0v) is 19.1. The van der Waals surface area contributed by atoms with Crippen LogP contribution in [0.15, 0.2) is 36.8 Å². The van der Waals surface area contributed by atoms with Gasteiger partial charge in [0.2, 0.25) is 0 Å². The van der Waals surface area contributed by atoms with Crippen LogP contribution < -0.4 is 10.6 Å². The summed E-state index contributed by atoms with van der Waals surface area (Å²) in [6.07, 6.45) is 10.5. The minimum Gasteiger partial charge on any atom is -0.320 e. The fourth-order valence-corrected chi connectivity index (χ4v) is 4.96. The van der Waals surface area contributed by atoms with Crippen molar-refractivity contribution in [2.24, 2.45) is 5.92 Å². The Bertz CT molecular complexity index is 1300. The Morgan fingerprint density at radius 3 is 2.88 bits per heavy atom.